The predicted octanol–water partition coefficient (Wildman–Crippen LogP) is 2.44. The van der Waals surface area contributed by atoms with Crippen LogP contribution >= 0.6 is 11.6 Å². The maximum Gasteiger partial charge on any atom is 0.149 e. The van der Waals surface area contributed by atoms with E-state index in [2.05, 4.69) is 15.2 Å². The fourth-order valence-electron chi connectivity index (χ4n) is 2.36. The second-order valence-corrected chi connectivity index (χ2v) is 4.73. The van der Waals surface area contributed by atoms with E-state index in [1.165, 1.54) is 12.3 Å². The zero-order valence-corrected chi connectivity index (χ0v) is 10.5. The molecule has 94 valence electrons. The average Bonchev–Trinajstić information content (AvgIpc) is 2.40. The van der Waals surface area contributed by atoms with Crippen LogP contribution in [0, 0.1) is 5.82 Å². The normalized spacial score (nSPS) is 16.2. The molecule has 1 aromatic heterocycles. The maximum atomic E-state index is 13.7. The first kappa shape index (κ1) is 11.7. The molecule has 5 heteroatoms. The maximum absolute atomic E-state index is 13.7. The number of rotatable bonds is 1. The zero-order valence-electron chi connectivity index (χ0n) is 9.79. The lowest BCUT2D eigenvalue weighted by Crippen LogP contribution is -2.43. The monoisotopic (exact) mass is 265 g/mol. The van der Waals surface area contributed by atoms with Crippen LogP contribution in [-0.4, -0.2) is 31.2 Å². The highest BCUT2D eigenvalue weighted by molar-refractivity contribution is 6.34. The van der Waals surface area contributed by atoms with Crippen molar-refractivity contribution in [2.24, 2.45) is 0 Å². The van der Waals surface area contributed by atoms with Crippen molar-refractivity contribution >= 4 is 28.2 Å². The summed E-state index contributed by atoms with van der Waals surface area (Å²) in [6.45, 7) is 3.57. The first-order valence-electron chi connectivity index (χ1n) is 5.96. The lowest BCUT2D eigenvalue weighted by atomic mass is 10.1. The Labute approximate surface area is 110 Å². The lowest BCUT2D eigenvalue weighted by Gasteiger charge is -2.31. The summed E-state index contributed by atoms with van der Waals surface area (Å²) < 4.78 is 13.7. The van der Waals surface area contributed by atoms with Crippen LogP contribution in [0.4, 0.5) is 10.1 Å². The van der Waals surface area contributed by atoms with Gasteiger partial charge in [0.15, 0.2) is 0 Å². The van der Waals surface area contributed by atoms with E-state index >= 15 is 0 Å². The van der Waals surface area contributed by atoms with E-state index in [9.17, 15) is 4.39 Å². The largest absolute Gasteiger partial charge is 0.367 e. The molecule has 1 aliphatic rings. The molecule has 1 aromatic carbocycles. The van der Waals surface area contributed by atoms with Crippen molar-refractivity contribution in [3.8, 4) is 0 Å². The van der Waals surface area contributed by atoms with Gasteiger partial charge in [0, 0.05) is 37.8 Å². The van der Waals surface area contributed by atoms with E-state index in [-0.39, 0.29) is 5.82 Å². The molecule has 2 heterocycles. The Hall–Kier alpha value is -1.39. The number of hydrogen-bond donors (Lipinski definition) is 1. The van der Waals surface area contributed by atoms with Gasteiger partial charge < -0.3 is 10.2 Å². The second-order valence-electron chi connectivity index (χ2n) is 4.33. The minimum atomic E-state index is -0.305. The van der Waals surface area contributed by atoms with Crippen molar-refractivity contribution in [3.63, 3.8) is 0 Å². The van der Waals surface area contributed by atoms with Crippen LogP contribution in [0.1, 0.15) is 0 Å². The Balaban J connectivity index is 2.19. The molecule has 1 fully saturated rings. The number of aromatic nitrogens is 1. The first-order valence-corrected chi connectivity index (χ1v) is 6.33. The van der Waals surface area contributed by atoms with Gasteiger partial charge in [0.05, 0.1) is 10.7 Å². The van der Waals surface area contributed by atoms with Crippen molar-refractivity contribution in [1.29, 1.82) is 0 Å². The molecule has 1 saturated heterocycles. The van der Waals surface area contributed by atoms with Crippen LogP contribution < -0.4 is 10.2 Å². The molecule has 0 radical (unpaired) electrons. The summed E-state index contributed by atoms with van der Waals surface area (Å²) in [7, 11) is 0. The van der Waals surface area contributed by atoms with Gasteiger partial charge in [-0.05, 0) is 6.07 Å². The number of piperazine rings is 1. The van der Waals surface area contributed by atoms with E-state index < -0.39 is 0 Å². The van der Waals surface area contributed by atoms with Gasteiger partial charge >= 0.3 is 0 Å². The number of nitrogens with zero attached hydrogens (tertiary/aromatic N) is 2. The molecule has 0 amide bonds. The Bertz CT molecular complexity index is 582. The number of nitrogens with one attached hydrogen (secondary N) is 1. The molecule has 0 aliphatic carbocycles. The van der Waals surface area contributed by atoms with Gasteiger partial charge in [-0.1, -0.05) is 23.7 Å². The molecule has 0 atom stereocenters. The van der Waals surface area contributed by atoms with E-state index in [0.29, 0.717) is 10.5 Å². The van der Waals surface area contributed by atoms with E-state index in [1.54, 1.807) is 6.07 Å². The van der Waals surface area contributed by atoms with Crippen LogP contribution in [0.5, 0.6) is 0 Å². The summed E-state index contributed by atoms with van der Waals surface area (Å²) in [5.74, 6) is -0.305. The molecule has 0 spiro atoms. The Morgan fingerprint density at radius 2 is 2.06 bits per heavy atom. The molecule has 3 nitrogen and oxygen atoms in total. The summed E-state index contributed by atoms with van der Waals surface area (Å²) in [4.78, 5) is 6.27. The van der Waals surface area contributed by atoms with Crippen molar-refractivity contribution in [2.45, 2.75) is 0 Å². The molecule has 0 unspecified atom stereocenters. The van der Waals surface area contributed by atoms with Gasteiger partial charge in [-0.3, -0.25) is 4.98 Å². The summed E-state index contributed by atoms with van der Waals surface area (Å²) in [6, 6.07) is 4.99. The number of benzene rings is 1. The Morgan fingerprint density at radius 1 is 1.28 bits per heavy atom. The minimum Gasteiger partial charge on any atom is -0.367 e. The average molecular weight is 266 g/mol. The number of pyridine rings is 1. The molecular weight excluding hydrogens is 253 g/mol. The third-order valence-electron chi connectivity index (χ3n) is 3.21. The standard InChI is InChI=1S/C13H13ClFN3/c14-10-8-17-12-9(2-1-3-11(12)15)13(10)18-6-4-16-5-7-18/h1-3,8,16H,4-7H2. The smallest absolute Gasteiger partial charge is 0.149 e. The third-order valence-corrected chi connectivity index (χ3v) is 3.48. The fraction of sp³-hybridized carbons (Fsp3) is 0.308. The zero-order chi connectivity index (χ0) is 12.5. The van der Waals surface area contributed by atoms with Crippen LogP contribution in [0.25, 0.3) is 10.9 Å². The highest BCUT2D eigenvalue weighted by Gasteiger charge is 2.18. The molecule has 3 rings (SSSR count). The highest BCUT2D eigenvalue weighted by atomic mass is 35.5. The lowest BCUT2D eigenvalue weighted by molar-refractivity contribution is 0.590. The second kappa shape index (κ2) is 4.71. The third kappa shape index (κ3) is 1.91. The Morgan fingerprint density at radius 3 is 2.83 bits per heavy atom. The van der Waals surface area contributed by atoms with Crippen molar-refractivity contribution in [3.05, 3.63) is 35.2 Å². The van der Waals surface area contributed by atoms with Crippen LogP contribution in [0.15, 0.2) is 24.4 Å². The van der Waals surface area contributed by atoms with Gasteiger partial charge in [-0.2, -0.15) is 0 Å². The van der Waals surface area contributed by atoms with Crippen LogP contribution in [0.3, 0.4) is 0 Å². The molecular formula is C13H13ClFN3. The van der Waals surface area contributed by atoms with Gasteiger partial charge in [-0.15, -0.1) is 0 Å². The summed E-state index contributed by atoms with van der Waals surface area (Å²) in [5.41, 5.74) is 1.28. The summed E-state index contributed by atoms with van der Waals surface area (Å²) in [6.07, 6.45) is 1.53. The number of para-hydroxylation sites is 1. The van der Waals surface area contributed by atoms with Crippen LogP contribution in [-0.2, 0) is 0 Å². The predicted molar refractivity (Wildman–Crippen MR) is 71.8 cm³/mol. The molecule has 1 N–H and O–H groups in total. The van der Waals surface area contributed by atoms with Gasteiger partial charge in [0.25, 0.3) is 0 Å². The Kier molecular flexibility index (Phi) is 3.06. The fourth-order valence-corrected chi connectivity index (χ4v) is 2.63. The molecule has 2 aromatic rings. The van der Waals surface area contributed by atoms with Crippen LogP contribution in [0.2, 0.25) is 5.02 Å². The first-order chi connectivity index (χ1) is 8.77. The number of hydrogen-bond acceptors (Lipinski definition) is 3. The van der Waals surface area contributed by atoms with Crippen molar-refractivity contribution in [2.75, 3.05) is 31.1 Å². The quantitative estimate of drug-likeness (QED) is 0.858. The molecule has 1 aliphatic heterocycles. The number of fused-ring (bicyclic) bond motifs is 1. The summed E-state index contributed by atoms with van der Waals surface area (Å²) >= 11 is 6.24. The SMILES string of the molecule is Fc1cccc2c(N3CCNCC3)c(Cl)cnc12. The van der Waals surface area contributed by atoms with Gasteiger partial charge in [0.1, 0.15) is 11.3 Å². The topological polar surface area (TPSA) is 28.2 Å². The number of halogens is 2. The van der Waals surface area contributed by atoms with Crippen molar-refractivity contribution in [1.82, 2.24) is 10.3 Å². The summed E-state index contributed by atoms with van der Waals surface area (Å²) in [5, 5.41) is 4.65. The van der Waals surface area contributed by atoms with Gasteiger partial charge in [-0.25, -0.2) is 4.39 Å². The highest BCUT2D eigenvalue weighted by Crippen LogP contribution is 2.33. The molecule has 0 bridgehead atoms. The molecule has 18 heavy (non-hydrogen) atoms. The minimum absolute atomic E-state index is 0.305. The van der Waals surface area contributed by atoms with Crippen molar-refractivity contribution < 1.29 is 4.39 Å². The van der Waals surface area contributed by atoms with E-state index in [0.717, 1.165) is 37.3 Å². The molecule has 0 saturated carbocycles. The number of anilines is 1. The van der Waals surface area contributed by atoms with E-state index in [4.69, 9.17) is 11.6 Å². The van der Waals surface area contributed by atoms with E-state index in [1.807, 2.05) is 6.07 Å². The van der Waals surface area contributed by atoms with Gasteiger partial charge in [0.2, 0.25) is 0 Å².